The van der Waals surface area contributed by atoms with Crippen LogP contribution < -0.4 is 4.74 Å². The van der Waals surface area contributed by atoms with Crippen LogP contribution in [0.2, 0.25) is 0 Å². The maximum absolute atomic E-state index is 8.63. The van der Waals surface area contributed by atoms with Gasteiger partial charge < -0.3 is 4.74 Å². The van der Waals surface area contributed by atoms with Gasteiger partial charge in [0.15, 0.2) is 4.98 Å². The Morgan fingerprint density at radius 1 is 0.889 bits per heavy atom. The Labute approximate surface area is 107 Å². The van der Waals surface area contributed by atoms with Crippen molar-refractivity contribution < 1.29 is 4.74 Å². The van der Waals surface area contributed by atoms with Crippen molar-refractivity contribution in [1.29, 1.82) is 5.39 Å². The van der Waals surface area contributed by atoms with Crippen LogP contribution in [-0.2, 0) is 0 Å². The van der Waals surface area contributed by atoms with E-state index in [4.69, 9.17) is 10.1 Å². The van der Waals surface area contributed by atoms with Crippen LogP contribution >= 0.6 is 0 Å². The Kier molecular flexibility index (Phi) is 3.29. The molecule has 0 atom stereocenters. The molecule has 90 valence electrons. The predicted octanol–water partition coefficient (Wildman–Crippen LogP) is 4.89. The Hall–Kier alpha value is -2.34. The first-order valence-corrected chi connectivity index (χ1v) is 5.81. The van der Waals surface area contributed by atoms with Gasteiger partial charge in [-0.05, 0) is 49.6 Å². The Bertz CT molecular complexity index is 610. The molecule has 3 nitrogen and oxygen atoms in total. The third kappa shape index (κ3) is 2.33. The molecule has 0 fully saturated rings. The highest BCUT2D eigenvalue weighted by molar-refractivity contribution is 5.50. The minimum Gasteiger partial charge on any atom is -0.457 e. The lowest BCUT2D eigenvalue weighted by molar-refractivity contribution is 0.474. The van der Waals surface area contributed by atoms with Gasteiger partial charge in [-0.25, -0.2) is 0 Å². The van der Waals surface area contributed by atoms with Crippen molar-refractivity contribution in [2.75, 3.05) is 0 Å². The highest BCUT2D eigenvalue weighted by atomic mass is 16.5. The molecular formula is C15H15N2O+. The lowest BCUT2D eigenvalue weighted by Gasteiger charge is -2.13. The van der Waals surface area contributed by atoms with E-state index >= 15 is 0 Å². The van der Waals surface area contributed by atoms with Crippen LogP contribution in [0.3, 0.4) is 0 Å². The molecule has 2 aromatic carbocycles. The van der Waals surface area contributed by atoms with Gasteiger partial charge in [0, 0.05) is 12.1 Å². The smallest absolute Gasteiger partial charge is 0.385 e. The van der Waals surface area contributed by atoms with Gasteiger partial charge in [-0.3, -0.25) is 0 Å². The first-order valence-electron chi connectivity index (χ1n) is 5.81. The Morgan fingerprint density at radius 2 is 1.50 bits per heavy atom. The summed E-state index contributed by atoms with van der Waals surface area (Å²) in [6.45, 7) is 6.14. The van der Waals surface area contributed by atoms with Crippen LogP contribution in [0.25, 0.3) is 4.98 Å². The van der Waals surface area contributed by atoms with Crippen molar-refractivity contribution >= 4 is 5.69 Å². The molecule has 18 heavy (non-hydrogen) atoms. The average molecular weight is 239 g/mol. The highest BCUT2D eigenvalue weighted by Crippen LogP contribution is 2.31. The van der Waals surface area contributed by atoms with Crippen molar-refractivity contribution in [2.24, 2.45) is 0 Å². The van der Waals surface area contributed by atoms with Gasteiger partial charge in [0.1, 0.15) is 11.5 Å². The standard InChI is InChI=1S/C15H15N2O/c1-10-4-5-11(2)15(12(10)3)18-14-8-6-13(17-16)7-9-14/h4-9H,1-3H3/q+1. The second-order valence-electron chi connectivity index (χ2n) is 4.35. The summed E-state index contributed by atoms with van der Waals surface area (Å²) in [5, 5.41) is 8.63. The van der Waals surface area contributed by atoms with E-state index in [0.29, 0.717) is 5.69 Å². The molecule has 0 spiro atoms. The highest BCUT2D eigenvalue weighted by Gasteiger charge is 2.09. The fourth-order valence-corrected chi connectivity index (χ4v) is 1.78. The number of nitrogens with zero attached hydrogens (tertiary/aromatic N) is 2. The van der Waals surface area contributed by atoms with E-state index in [1.165, 1.54) is 5.56 Å². The van der Waals surface area contributed by atoms with Gasteiger partial charge >= 0.3 is 5.69 Å². The molecule has 0 amide bonds. The molecule has 0 aromatic heterocycles. The molecule has 0 radical (unpaired) electrons. The fourth-order valence-electron chi connectivity index (χ4n) is 1.78. The van der Waals surface area contributed by atoms with Crippen molar-refractivity contribution in [3.8, 4) is 11.5 Å². The first kappa shape index (κ1) is 12.1. The summed E-state index contributed by atoms with van der Waals surface area (Å²) >= 11 is 0. The number of rotatable bonds is 2. The van der Waals surface area contributed by atoms with Crippen LogP contribution in [-0.4, -0.2) is 0 Å². The number of aryl methyl sites for hydroxylation is 2. The summed E-state index contributed by atoms with van der Waals surface area (Å²) in [6.07, 6.45) is 0. The SMILES string of the molecule is Cc1ccc(C)c(Oc2ccc([N+]#N)cc2)c1C. The molecule has 2 rings (SSSR count). The third-order valence-electron chi connectivity index (χ3n) is 3.05. The van der Waals surface area contributed by atoms with Crippen LogP contribution in [0.4, 0.5) is 5.69 Å². The molecular weight excluding hydrogens is 224 g/mol. The van der Waals surface area contributed by atoms with Crippen molar-refractivity contribution in [1.82, 2.24) is 0 Å². The fraction of sp³-hybridized carbons (Fsp3) is 0.200. The lowest BCUT2D eigenvalue weighted by atomic mass is 10.1. The normalized spacial score (nSPS) is 9.89. The molecule has 0 unspecified atom stereocenters. The molecule has 0 saturated heterocycles. The molecule has 0 aliphatic rings. The van der Waals surface area contributed by atoms with E-state index in [1.54, 1.807) is 24.3 Å². The quantitative estimate of drug-likeness (QED) is 0.700. The maximum Gasteiger partial charge on any atom is 0.385 e. The number of hydrogen-bond acceptors (Lipinski definition) is 2. The zero-order valence-electron chi connectivity index (χ0n) is 10.8. The maximum atomic E-state index is 8.63. The van der Waals surface area contributed by atoms with Gasteiger partial charge in [-0.1, -0.05) is 12.1 Å². The van der Waals surface area contributed by atoms with Gasteiger partial charge in [0.25, 0.3) is 0 Å². The first-order chi connectivity index (χ1) is 8.61. The summed E-state index contributed by atoms with van der Waals surface area (Å²) in [5.41, 5.74) is 3.97. The van der Waals surface area contributed by atoms with E-state index in [-0.39, 0.29) is 0 Å². The molecule has 0 heterocycles. The van der Waals surface area contributed by atoms with Gasteiger partial charge in [0.05, 0.1) is 0 Å². The molecule has 0 aliphatic carbocycles. The van der Waals surface area contributed by atoms with E-state index in [2.05, 4.69) is 31.0 Å². The van der Waals surface area contributed by atoms with Gasteiger partial charge in [0.2, 0.25) is 5.39 Å². The van der Waals surface area contributed by atoms with E-state index in [0.717, 1.165) is 22.6 Å². The summed E-state index contributed by atoms with van der Waals surface area (Å²) in [7, 11) is 0. The third-order valence-corrected chi connectivity index (χ3v) is 3.05. The molecule has 0 aliphatic heterocycles. The molecule has 0 N–H and O–H groups in total. The summed E-state index contributed by atoms with van der Waals surface area (Å²) in [6, 6.07) is 11.1. The number of ether oxygens (including phenoxy) is 1. The average Bonchev–Trinajstić information content (AvgIpc) is 2.40. The molecule has 0 saturated carbocycles. The van der Waals surface area contributed by atoms with E-state index in [9.17, 15) is 0 Å². The van der Waals surface area contributed by atoms with Gasteiger partial charge in [-0.2, -0.15) is 0 Å². The second-order valence-corrected chi connectivity index (χ2v) is 4.35. The van der Waals surface area contributed by atoms with Crippen molar-refractivity contribution in [2.45, 2.75) is 20.8 Å². The topological polar surface area (TPSA) is 37.4 Å². The zero-order chi connectivity index (χ0) is 13.1. The van der Waals surface area contributed by atoms with Crippen LogP contribution in [0.15, 0.2) is 36.4 Å². The molecule has 2 aromatic rings. The number of diazo groups is 1. The van der Waals surface area contributed by atoms with Crippen molar-refractivity contribution in [3.63, 3.8) is 0 Å². The largest absolute Gasteiger partial charge is 0.457 e. The summed E-state index contributed by atoms with van der Waals surface area (Å²) in [5.74, 6) is 1.63. The zero-order valence-corrected chi connectivity index (χ0v) is 10.8. The number of hydrogen-bond donors (Lipinski definition) is 0. The van der Waals surface area contributed by atoms with Gasteiger partial charge in [-0.15, -0.1) is 0 Å². The van der Waals surface area contributed by atoms with Crippen LogP contribution in [0.5, 0.6) is 11.5 Å². The minimum absolute atomic E-state index is 0.514. The monoisotopic (exact) mass is 239 g/mol. The molecule has 0 bridgehead atoms. The lowest BCUT2D eigenvalue weighted by Crippen LogP contribution is -1.93. The summed E-state index contributed by atoms with van der Waals surface area (Å²) < 4.78 is 5.90. The van der Waals surface area contributed by atoms with Crippen molar-refractivity contribution in [3.05, 3.63) is 58.1 Å². The van der Waals surface area contributed by atoms with Crippen LogP contribution in [0, 0.1) is 26.2 Å². The number of benzene rings is 2. The van der Waals surface area contributed by atoms with E-state index in [1.807, 2.05) is 6.92 Å². The van der Waals surface area contributed by atoms with E-state index < -0.39 is 0 Å². The summed E-state index contributed by atoms with van der Waals surface area (Å²) in [4.78, 5) is 3.11. The van der Waals surface area contributed by atoms with Crippen LogP contribution in [0.1, 0.15) is 16.7 Å². The minimum atomic E-state index is 0.514. The molecule has 3 heteroatoms. The predicted molar refractivity (Wildman–Crippen MR) is 71.9 cm³/mol. The Morgan fingerprint density at radius 3 is 2.11 bits per heavy atom. The second kappa shape index (κ2) is 4.89. The Balaban J connectivity index is 2.34.